The number of pyridine rings is 1. The molecule has 1 atom stereocenters. The number of likely N-dealkylation sites (tertiary alicyclic amines) is 1. The van der Waals surface area contributed by atoms with Gasteiger partial charge < -0.3 is 9.47 Å². The lowest BCUT2D eigenvalue weighted by Crippen LogP contribution is -2.40. The summed E-state index contributed by atoms with van der Waals surface area (Å²) in [5, 5.41) is 0. The predicted octanol–water partition coefficient (Wildman–Crippen LogP) is 2.91. The van der Waals surface area contributed by atoms with Crippen LogP contribution in [-0.2, 0) is 7.05 Å². The Bertz CT molecular complexity index is 1010. The van der Waals surface area contributed by atoms with Crippen molar-refractivity contribution in [3.8, 4) is 11.5 Å². The molecule has 0 aromatic carbocycles. The van der Waals surface area contributed by atoms with E-state index in [0.29, 0.717) is 12.2 Å². The Morgan fingerprint density at radius 1 is 1.14 bits per heavy atom. The zero-order valence-electron chi connectivity index (χ0n) is 16.5. The van der Waals surface area contributed by atoms with E-state index in [1.54, 1.807) is 12.3 Å². The van der Waals surface area contributed by atoms with Gasteiger partial charge in [0.05, 0.1) is 0 Å². The second kappa shape index (κ2) is 7.50. The molecule has 7 heteroatoms. The quantitative estimate of drug-likeness (QED) is 0.702. The van der Waals surface area contributed by atoms with Gasteiger partial charge in [-0.2, -0.15) is 0 Å². The van der Waals surface area contributed by atoms with Crippen molar-refractivity contribution in [1.82, 2.24) is 29.4 Å². The maximum Gasteiger partial charge on any atom is 0.272 e. The number of imidazole rings is 1. The molecular weight excluding hydrogens is 352 g/mol. The molecule has 4 rings (SSSR count). The van der Waals surface area contributed by atoms with E-state index < -0.39 is 0 Å². The molecule has 1 fully saturated rings. The second-order valence-electron chi connectivity index (χ2n) is 7.37. The van der Waals surface area contributed by atoms with E-state index in [1.807, 2.05) is 54.8 Å². The number of nitrogens with zero attached hydrogens (tertiary/aromatic N) is 6. The zero-order chi connectivity index (χ0) is 19.7. The third-order valence-corrected chi connectivity index (χ3v) is 5.10. The van der Waals surface area contributed by atoms with Gasteiger partial charge in [-0.25, -0.2) is 19.9 Å². The van der Waals surface area contributed by atoms with E-state index in [4.69, 9.17) is 4.98 Å². The molecule has 3 aromatic rings. The number of aromatic nitrogens is 5. The summed E-state index contributed by atoms with van der Waals surface area (Å²) < 4.78 is 1.95. The highest BCUT2D eigenvalue weighted by Gasteiger charge is 2.28. The van der Waals surface area contributed by atoms with Gasteiger partial charge in [0, 0.05) is 49.8 Å². The van der Waals surface area contributed by atoms with Crippen molar-refractivity contribution in [2.24, 2.45) is 7.05 Å². The minimum atomic E-state index is -0.0228. The molecule has 4 heterocycles. The van der Waals surface area contributed by atoms with Crippen LogP contribution in [0.1, 0.15) is 46.5 Å². The van der Waals surface area contributed by atoms with Crippen LogP contribution in [0.25, 0.3) is 11.5 Å². The van der Waals surface area contributed by atoms with Crippen LogP contribution in [-0.4, -0.2) is 48.4 Å². The Morgan fingerprint density at radius 2 is 2.00 bits per heavy atom. The average molecular weight is 376 g/mol. The van der Waals surface area contributed by atoms with Gasteiger partial charge in [0.25, 0.3) is 5.91 Å². The maximum absolute atomic E-state index is 12.9. The van der Waals surface area contributed by atoms with Gasteiger partial charge in [-0.15, -0.1) is 0 Å². The summed E-state index contributed by atoms with van der Waals surface area (Å²) in [4.78, 5) is 33.0. The van der Waals surface area contributed by atoms with E-state index in [-0.39, 0.29) is 11.8 Å². The van der Waals surface area contributed by atoms with Gasteiger partial charge in [0.15, 0.2) is 5.82 Å². The standard InChI is InChI=1S/C21H24N6O/c1-14-6-4-8-17(23-14)21(28)27-10-5-7-16(13-27)19-24-15(2)12-18(25-19)20-22-9-11-26(20)3/h4,6,8-9,11-12,16H,5,7,10,13H2,1-3H3/t16-/m1/s1. The molecule has 0 unspecified atom stereocenters. The SMILES string of the molecule is Cc1cccc(C(=O)N2CCC[C@@H](c3nc(C)cc(-c4nccn4C)n3)C2)n1. The zero-order valence-corrected chi connectivity index (χ0v) is 16.5. The van der Waals surface area contributed by atoms with Crippen LogP contribution in [0.4, 0.5) is 0 Å². The normalized spacial score (nSPS) is 17.0. The van der Waals surface area contributed by atoms with E-state index >= 15 is 0 Å². The molecule has 3 aromatic heterocycles. The predicted molar refractivity (Wildman–Crippen MR) is 106 cm³/mol. The van der Waals surface area contributed by atoms with Crippen LogP contribution >= 0.6 is 0 Å². The molecule has 7 nitrogen and oxygen atoms in total. The maximum atomic E-state index is 12.9. The Morgan fingerprint density at radius 3 is 2.75 bits per heavy atom. The molecule has 1 amide bonds. The van der Waals surface area contributed by atoms with Crippen LogP contribution in [0, 0.1) is 13.8 Å². The highest BCUT2D eigenvalue weighted by Crippen LogP contribution is 2.27. The molecule has 0 spiro atoms. The fourth-order valence-corrected chi connectivity index (χ4v) is 3.70. The molecule has 0 bridgehead atoms. The van der Waals surface area contributed by atoms with Crippen molar-refractivity contribution in [3.05, 3.63) is 59.6 Å². The topological polar surface area (TPSA) is 76.8 Å². The fourth-order valence-electron chi connectivity index (χ4n) is 3.70. The molecule has 0 N–H and O–H groups in total. The fraction of sp³-hybridized carbons (Fsp3) is 0.381. The van der Waals surface area contributed by atoms with Crippen molar-refractivity contribution in [2.45, 2.75) is 32.6 Å². The number of aryl methyl sites for hydroxylation is 3. The number of hydrogen-bond donors (Lipinski definition) is 0. The smallest absolute Gasteiger partial charge is 0.272 e. The summed E-state index contributed by atoms with van der Waals surface area (Å²) in [5.41, 5.74) is 3.08. The van der Waals surface area contributed by atoms with Crippen LogP contribution in [0.15, 0.2) is 36.7 Å². The Hall–Kier alpha value is -3.09. The first-order valence-corrected chi connectivity index (χ1v) is 9.57. The highest BCUT2D eigenvalue weighted by atomic mass is 16.2. The summed E-state index contributed by atoms with van der Waals surface area (Å²) in [6, 6.07) is 7.50. The van der Waals surface area contributed by atoms with Crippen molar-refractivity contribution < 1.29 is 4.79 Å². The Balaban J connectivity index is 1.59. The van der Waals surface area contributed by atoms with Gasteiger partial charge in [0.1, 0.15) is 17.2 Å². The monoisotopic (exact) mass is 376 g/mol. The molecular formula is C21H24N6O. The molecule has 1 aliphatic heterocycles. The van der Waals surface area contributed by atoms with Crippen LogP contribution in [0.5, 0.6) is 0 Å². The second-order valence-corrected chi connectivity index (χ2v) is 7.37. The van der Waals surface area contributed by atoms with Gasteiger partial charge in [-0.05, 0) is 44.9 Å². The molecule has 144 valence electrons. The molecule has 1 saturated heterocycles. The largest absolute Gasteiger partial charge is 0.337 e. The van der Waals surface area contributed by atoms with E-state index in [9.17, 15) is 4.79 Å². The van der Waals surface area contributed by atoms with Crippen molar-refractivity contribution in [2.75, 3.05) is 13.1 Å². The van der Waals surface area contributed by atoms with E-state index in [2.05, 4.69) is 15.0 Å². The number of amides is 1. The third-order valence-electron chi connectivity index (χ3n) is 5.10. The van der Waals surface area contributed by atoms with E-state index in [1.165, 1.54) is 0 Å². The minimum Gasteiger partial charge on any atom is -0.337 e. The summed E-state index contributed by atoms with van der Waals surface area (Å²) >= 11 is 0. The van der Waals surface area contributed by atoms with Crippen LogP contribution in [0.2, 0.25) is 0 Å². The van der Waals surface area contributed by atoms with E-state index in [0.717, 1.165) is 48.1 Å². The summed E-state index contributed by atoms with van der Waals surface area (Å²) in [5.74, 6) is 1.69. The van der Waals surface area contributed by atoms with Crippen molar-refractivity contribution in [3.63, 3.8) is 0 Å². The number of carbonyl (C=O) groups excluding carboxylic acids is 1. The van der Waals surface area contributed by atoms with Crippen molar-refractivity contribution in [1.29, 1.82) is 0 Å². The average Bonchev–Trinajstić information content (AvgIpc) is 3.13. The van der Waals surface area contributed by atoms with Crippen molar-refractivity contribution >= 4 is 5.91 Å². The Labute approximate surface area is 164 Å². The number of hydrogen-bond acceptors (Lipinski definition) is 5. The lowest BCUT2D eigenvalue weighted by atomic mass is 9.96. The third kappa shape index (κ3) is 3.65. The summed E-state index contributed by atoms with van der Waals surface area (Å²) in [6.45, 7) is 5.22. The number of piperidine rings is 1. The Kier molecular flexibility index (Phi) is 4.90. The highest BCUT2D eigenvalue weighted by molar-refractivity contribution is 5.92. The first kappa shape index (κ1) is 18.3. The van der Waals surface area contributed by atoms with Crippen LogP contribution in [0.3, 0.4) is 0 Å². The lowest BCUT2D eigenvalue weighted by Gasteiger charge is -2.32. The number of rotatable bonds is 3. The molecule has 0 saturated carbocycles. The van der Waals surface area contributed by atoms with Crippen LogP contribution < -0.4 is 0 Å². The van der Waals surface area contributed by atoms with Gasteiger partial charge in [-0.3, -0.25) is 4.79 Å². The molecule has 28 heavy (non-hydrogen) atoms. The number of carbonyl (C=O) groups is 1. The summed E-state index contributed by atoms with van der Waals surface area (Å²) in [6.07, 6.45) is 5.57. The van der Waals surface area contributed by atoms with Gasteiger partial charge >= 0.3 is 0 Å². The minimum absolute atomic E-state index is 0.0228. The first-order valence-electron chi connectivity index (χ1n) is 9.57. The lowest BCUT2D eigenvalue weighted by molar-refractivity contribution is 0.0698. The molecule has 1 aliphatic rings. The van der Waals surface area contributed by atoms with Gasteiger partial charge in [0.2, 0.25) is 0 Å². The molecule has 0 radical (unpaired) electrons. The molecule has 0 aliphatic carbocycles. The van der Waals surface area contributed by atoms with Gasteiger partial charge in [-0.1, -0.05) is 6.07 Å². The summed E-state index contributed by atoms with van der Waals surface area (Å²) in [7, 11) is 1.95. The first-order chi connectivity index (χ1) is 13.5.